The Morgan fingerprint density at radius 3 is 2.50 bits per heavy atom. The van der Waals surface area contributed by atoms with E-state index in [9.17, 15) is 8.78 Å². The lowest BCUT2D eigenvalue weighted by Crippen LogP contribution is -1.95. The molecule has 0 saturated carbocycles. The molecule has 0 atom stereocenters. The highest BCUT2D eigenvalue weighted by atomic mass is 19.1. The highest BCUT2D eigenvalue weighted by molar-refractivity contribution is 5.65. The molecule has 3 aromatic rings. The van der Waals surface area contributed by atoms with E-state index < -0.39 is 11.6 Å². The van der Waals surface area contributed by atoms with Gasteiger partial charge in [-0.3, -0.25) is 5.10 Å². The van der Waals surface area contributed by atoms with Crippen molar-refractivity contribution in [2.24, 2.45) is 0 Å². The first-order valence-corrected chi connectivity index (χ1v) is 5.88. The largest absolute Gasteiger partial charge is 0.396 e. The molecule has 0 aliphatic heterocycles. The van der Waals surface area contributed by atoms with E-state index in [0.29, 0.717) is 5.82 Å². The zero-order chi connectivity index (χ0) is 14.1. The maximum atomic E-state index is 13.7. The van der Waals surface area contributed by atoms with Crippen LogP contribution in [0.15, 0.2) is 42.5 Å². The summed E-state index contributed by atoms with van der Waals surface area (Å²) in [5.41, 5.74) is 6.18. The Labute approximate surface area is 113 Å². The Hall–Kier alpha value is -2.76. The lowest BCUT2D eigenvalue weighted by Gasteiger charge is -2.02. The molecular weight excluding hydrogens is 262 g/mol. The number of nitrogens with two attached hydrogens (primary N) is 1. The number of halogens is 2. The topological polar surface area (TPSA) is 67.6 Å². The van der Waals surface area contributed by atoms with Gasteiger partial charge in [0.15, 0.2) is 11.6 Å². The van der Waals surface area contributed by atoms with Crippen LogP contribution in [-0.2, 0) is 0 Å². The Bertz CT molecular complexity index is 753. The smallest absolute Gasteiger partial charge is 0.181 e. The van der Waals surface area contributed by atoms with Crippen LogP contribution in [0.3, 0.4) is 0 Å². The number of hydrogen-bond acceptors (Lipinski definition) is 3. The van der Waals surface area contributed by atoms with Gasteiger partial charge in [-0.05, 0) is 6.07 Å². The van der Waals surface area contributed by atoms with Crippen molar-refractivity contribution in [1.29, 1.82) is 0 Å². The Morgan fingerprint density at radius 1 is 1.00 bits per heavy atom. The van der Waals surface area contributed by atoms with Gasteiger partial charge in [0.25, 0.3) is 0 Å². The van der Waals surface area contributed by atoms with Gasteiger partial charge in [0, 0.05) is 11.6 Å². The monoisotopic (exact) mass is 272 g/mol. The van der Waals surface area contributed by atoms with Crippen molar-refractivity contribution in [2.75, 3.05) is 5.73 Å². The molecule has 3 N–H and O–H groups in total. The van der Waals surface area contributed by atoms with Crippen LogP contribution in [0.2, 0.25) is 0 Å². The third-order valence-corrected chi connectivity index (χ3v) is 2.86. The Balaban J connectivity index is 2.05. The SMILES string of the molecule is Nc1cc(-c2nc(-c3ccccc3)n[nH]2)c(F)cc1F. The van der Waals surface area contributed by atoms with Gasteiger partial charge in [-0.15, -0.1) is 0 Å². The lowest BCUT2D eigenvalue weighted by atomic mass is 10.1. The number of nitrogens with zero attached hydrogens (tertiary/aromatic N) is 2. The average Bonchev–Trinajstić information content (AvgIpc) is 2.93. The normalized spacial score (nSPS) is 10.7. The minimum Gasteiger partial charge on any atom is -0.396 e. The second kappa shape index (κ2) is 4.73. The maximum Gasteiger partial charge on any atom is 0.181 e. The van der Waals surface area contributed by atoms with Crippen molar-refractivity contribution < 1.29 is 8.78 Å². The van der Waals surface area contributed by atoms with E-state index in [2.05, 4.69) is 15.2 Å². The maximum absolute atomic E-state index is 13.7. The first kappa shape index (κ1) is 12.3. The fourth-order valence-electron chi connectivity index (χ4n) is 1.85. The van der Waals surface area contributed by atoms with Crippen molar-refractivity contribution in [2.45, 2.75) is 0 Å². The Kier molecular flexibility index (Phi) is 2.90. The van der Waals surface area contributed by atoms with Gasteiger partial charge in [-0.2, -0.15) is 5.10 Å². The number of aromatic nitrogens is 3. The quantitative estimate of drug-likeness (QED) is 0.705. The predicted octanol–water partition coefficient (Wildman–Crippen LogP) is 3.00. The number of nitrogens with one attached hydrogen (secondary N) is 1. The standard InChI is InChI=1S/C14H10F2N4/c15-10-7-11(16)12(17)6-9(10)14-18-13(19-20-14)8-4-2-1-3-5-8/h1-7H,17H2,(H,18,19,20). The summed E-state index contributed by atoms with van der Waals surface area (Å²) in [4.78, 5) is 4.20. The van der Waals surface area contributed by atoms with Gasteiger partial charge in [0.2, 0.25) is 0 Å². The minimum atomic E-state index is -0.797. The van der Waals surface area contributed by atoms with Crippen LogP contribution in [0.4, 0.5) is 14.5 Å². The molecule has 0 saturated heterocycles. The summed E-state index contributed by atoms with van der Waals surface area (Å²) in [7, 11) is 0. The molecule has 6 heteroatoms. The molecular formula is C14H10F2N4. The predicted molar refractivity (Wildman–Crippen MR) is 71.6 cm³/mol. The molecule has 0 unspecified atom stereocenters. The summed E-state index contributed by atoms with van der Waals surface area (Å²) in [6.45, 7) is 0. The van der Waals surface area contributed by atoms with Gasteiger partial charge in [-0.1, -0.05) is 30.3 Å². The van der Waals surface area contributed by atoms with Gasteiger partial charge in [0.1, 0.15) is 11.6 Å². The summed E-state index contributed by atoms with van der Waals surface area (Å²) in [6, 6.07) is 11.2. The molecule has 20 heavy (non-hydrogen) atoms. The number of aromatic amines is 1. The number of anilines is 1. The highest BCUT2D eigenvalue weighted by Crippen LogP contribution is 2.25. The number of rotatable bonds is 2. The minimum absolute atomic E-state index is 0.0820. The van der Waals surface area contributed by atoms with E-state index in [1.54, 1.807) is 0 Å². The molecule has 0 spiro atoms. The second-order valence-corrected chi connectivity index (χ2v) is 4.23. The van der Waals surface area contributed by atoms with Gasteiger partial charge in [-0.25, -0.2) is 13.8 Å². The molecule has 1 aromatic heterocycles. The molecule has 0 bridgehead atoms. The molecule has 100 valence electrons. The van der Waals surface area contributed by atoms with Crippen LogP contribution in [-0.4, -0.2) is 15.2 Å². The number of H-pyrrole nitrogens is 1. The summed E-state index contributed by atoms with van der Waals surface area (Å²) < 4.78 is 26.9. The van der Waals surface area contributed by atoms with E-state index >= 15 is 0 Å². The van der Waals surface area contributed by atoms with Crippen LogP contribution in [0.1, 0.15) is 0 Å². The fraction of sp³-hybridized carbons (Fsp3) is 0. The number of benzene rings is 2. The van der Waals surface area contributed by atoms with E-state index in [-0.39, 0.29) is 17.1 Å². The molecule has 0 radical (unpaired) electrons. The summed E-state index contributed by atoms with van der Waals surface area (Å²) in [5.74, 6) is -0.905. The van der Waals surface area contributed by atoms with Crippen molar-refractivity contribution >= 4 is 5.69 Å². The summed E-state index contributed by atoms with van der Waals surface area (Å²) in [5, 5.41) is 6.65. The number of nitrogen functional groups attached to an aromatic ring is 1. The lowest BCUT2D eigenvalue weighted by molar-refractivity contribution is 0.588. The molecule has 0 aliphatic rings. The zero-order valence-corrected chi connectivity index (χ0v) is 10.3. The summed E-state index contributed by atoms with van der Waals surface area (Å²) >= 11 is 0. The van der Waals surface area contributed by atoms with Gasteiger partial charge in [0.05, 0.1) is 11.3 Å². The number of hydrogen-bond donors (Lipinski definition) is 2. The van der Waals surface area contributed by atoms with E-state index in [1.165, 1.54) is 6.07 Å². The third-order valence-electron chi connectivity index (χ3n) is 2.86. The third kappa shape index (κ3) is 2.11. The van der Waals surface area contributed by atoms with Crippen LogP contribution in [0.5, 0.6) is 0 Å². The molecule has 0 fully saturated rings. The molecule has 1 heterocycles. The highest BCUT2D eigenvalue weighted by Gasteiger charge is 2.14. The first-order valence-electron chi connectivity index (χ1n) is 5.88. The van der Waals surface area contributed by atoms with Gasteiger partial charge >= 0.3 is 0 Å². The van der Waals surface area contributed by atoms with Crippen molar-refractivity contribution in [1.82, 2.24) is 15.2 Å². The van der Waals surface area contributed by atoms with E-state index in [4.69, 9.17) is 5.73 Å². The van der Waals surface area contributed by atoms with Crippen LogP contribution < -0.4 is 5.73 Å². The molecule has 0 aliphatic carbocycles. The second-order valence-electron chi connectivity index (χ2n) is 4.23. The molecule has 2 aromatic carbocycles. The molecule has 0 amide bonds. The first-order chi connectivity index (χ1) is 9.65. The van der Waals surface area contributed by atoms with E-state index in [1.807, 2.05) is 30.3 Å². The van der Waals surface area contributed by atoms with Crippen molar-refractivity contribution in [3.63, 3.8) is 0 Å². The molecule has 3 rings (SSSR count). The van der Waals surface area contributed by atoms with Crippen molar-refractivity contribution in [3.8, 4) is 22.8 Å². The van der Waals surface area contributed by atoms with Crippen LogP contribution in [0.25, 0.3) is 22.8 Å². The average molecular weight is 272 g/mol. The summed E-state index contributed by atoms with van der Waals surface area (Å²) in [6.07, 6.45) is 0. The van der Waals surface area contributed by atoms with Gasteiger partial charge < -0.3 is 5.73 Å². The van der Waals surface area contributed by atoms with E-state index in [0.717, 1.165) is 11.6 Å². The zero-order valence-electron chi connectivity index (χ0n) is 10.3. The van der Waals surface area contributed by atoms with Crippen LogP contribution >= 0.6 is 0 Å². The van der Waals surface area contributed by atoms with Crippen molar-refractivity contribution in [3.05, 3.63) is 54.1 Å². The molecule has 4 nitrogen and oxygen atoms in total. The Morgan fingerprint density at radius 2 is 1.75 bits per heavy atom. The fourth-order valence-corrected chi connectivity index (χ4v) is 1.85. The van der Waals surface area contributed by atoms with Crippen LogP contribution in [0, 0.1) is 11.6 Å².